The molecular formula is C17H16F4N2O2. The van der Waals surface area contributed by atoms with Crippen LogP contribution in [0.5, 0.6) is 5.75 Å². The minimum Gasteiger partial charge on any atom is -0.492 e. The van der Waals surface area contributed by atoms with Crippen LogP contribution < -0.4 is 15.4 Å². The summed E-state index contributed by atoms with van der Waals surface area (Å²) in [6.07, 6.45) is -4.79. The summed E-state index contributed by atoms with van der Waals surface area (Å²) in [5.41, 5.74) is -1.38. The van der Waals surface area contributed by atoms with Gasteiger partial charge in [-0.25, -0.2) is 4.39 Å². The van der Waals surface area contributed by atoms with E-state index in [1.165, 1.54) is 0 Å². The third-order valence-electron chi connectivity index (χ3n) is 3.16. The summed E-state index contributed by atoms with van der Waals surface area (Å²) in [5, 5.41) is 5.08. The summed E-state index contributed by atoms with van der Waals surface area (Å²) in [5.74, 6) is -1.11. The summed E-state index contributed by atoms with van der Waals surface area (Å²) in [6, 6.07) is 11.5. The van der Waals surface area contributed by atoms with Gasteiger partial charge in [0.2, 0.25) is 5.91 Å². The molecule has 25 heavy (non-hydrogen) atoms. The maximum Gasteiger partial charge on any atom is 0.419 e. The Morgan fingerprint density at radius 2 is 1.80 bits per heavy atom. The van der Waals surface area contributed by atoms with Gasteiger partial charge < -0.3 is 15.4 Å². The molecule has 4 nitrogen and oxygen atoms in total. The first-order chi connectivity index (χ1) is 11.9. The number of halogens is 4. The number of hydrogen-bond acceptors (Lipinski definition) is 3. The Bertz CT molecular complexity index is 706. The zero-order valence-electron chi connectivity index (χ0n) is 13.1. The summed E-state index contributed by atoms with van der Waals surface area (Å²) >= 11 is 0. The Morgan fingerprint density at radius 1 is 1.08 bits per heavy atom. The molecule has 0 bridgehead atoms. The molecule has 0 aliphatic carbocycles. The molecule has 0 saturated heterocycles. The summed E-state index contributed by atoms with van der Waals surface area (Å²) in [4.78, 5) is 11.7. The molecular weight excluding hydrogens is 340 g/mol. The first-order valence-electron chi connectivity index (χ1n) is 7.41. The number of rotatable bonds is 7. The standard InChI is InChI=1S/C17H16F4N2O2/c18-15-7-6-12(10-14(15)17(19,20)21)23-11-16(24)22-8-9-25-13-4-2-1-3-5-13/h1-7,10,23H,8-9,11H2,(H,22,24). The average Bonchev–Trinajstić information content (AvgIpc) is 2.58. The molecule has 134 valence electrons. The predicted octanol–water partition coefficient (Wildman–Crippen LogP) is 3.45. The van der Waals surface area contributed by atoms with E-state index in [9.17, 15) is 22.4 Å². The fraction of sp³-hybridized carbons (Fsp3) is 0.235. The van der Waals surface area contributed by atoms with Gasteiger partial charge in [-0.3, -0.25) is 4.79 Å². The van der Waals surface area contributed by atoms with Crippen LogP contribution in [0.4, 0.5) is 23.2 Å². The van der Waals surface area contributed by atoms with E-state index in [0.717, 1.165) is 6.07 Å². The van der Waals surface area contributed by atoms with Crippen molar-refractivity contribution in [3.8, 4) is 5.75 Å². The maximum atomic E-state index is 13.2. The topological polar surface area (TPSA) is 50.4 Å². The number of carbonyl (C=O) groups is 1. The third-order valence-corrected chi connectivity index (χ3v) is 3.16. The molecule has 0 saturated carbocycles. The van der Waals surface area contributed by atoms with Gasteiger partial charge in [-0.2, -0.15) is 13.2 Å². The number of amides is 1. The number of ether oxygens (including phenoxy) is 1. The van der Waals surface area contributed by atoms with Crippen molar-refractivity contribution >= 4 is 11.6 Å². The average molecular weight is 356 g/mol. The van der Waals surface area contributed by atoms with Gasteiger partial charge >= 0.3 is 6.18 Å². The Labute approximate surface area is 141 Å². The van der Waals surface area contributed by atoms with Crippen molar-refractivity contribution < 1.29 is 27.1 Å². The quantitative estimate of drug-likeness (QED) is 0.590. The second kappa shape index (κ2) is 8.36. The number of carbonyl (C=O) groups excluding carboxylic acids is 1. The number of para-hydroxylation sites is 1. The van der Waals surface area contributed by atoms with E-state index in [0.29, 0.717) is 17.9 Å². The predicted molar refractivity (Wildman–Crippen MR) is 84.8 cm³/mol. The molecule has 0 fully saturated rings. The lowest BCUT2D eigenvalue weighted by atomic mass is 10.2. The second-order valence-electron chi connectivity index (χ2n) is 5.06. The zero-order valence-corrected chi connectivity index (χ0v) is 13.1. The van der Waals surface area contributed by atoms with Crippen molar-refractivity contribution in [2.24, 2.45) is 0 Å². The number of benzene rings is 2. The van der Waals surface area contributed by atoms with E-state index in [4.69, 9.17) is 4.74 Å². The van der Waals surface area contributed by atoms with Crippen molar-refractivity contribution in [1.82, 2.24) is 5.32 Å². The van der Waals surface area contributed by atoms with Crippen molar-refractivity contribution in [3.63, 3.8) is 0 Å². The highest BCUT2D eigenvalue weighted by Gasteiger charge is 2.34. The van der Waals surface area contributed by atoms with Crippen molar-refractivity contribution in [1.29, 1.82) is 0 Å². The number of alkyl halides is 3. The van der Waals surface area contributed by atoms with Gasteiger partial charge in [-0.1, -0.05) is 18.2 Å². The largest absolute Gasteiger partial charge is 0.492 e. The van der Waals surface area contributed by atoms with Gasteiger partial charge in [0.15, 0.2) is 0 Å². The molecule has 2 aromatic carbocycles. The van der Waals surface area contributed by atoms with Gasteiger partial charge in [0.1, 0.15) is 18.2 Å². The van der Waals surface area contributed by atoms with E-state index in [1.807, 2.05) is 18.2 Å². The van der Waals surface area contributed by atoms with E-state index < -0.39 is 23.5 Å². The van der Waals surface area contributed by atoms with Crippen LogP contribution in [0, 0.1) is 5.82 Å². The smallest absolute Gasteiger partial charge is 0.419 e. The van der Waals surface area contributed by atoms with E-state index >= 15 is 0 Å². The molecule has 8 heteroatoms. The molecule has 0 spiro atoms. The van der Waals surface area contributed by atoms with Gasteiger partial charge in [-0.15, -0.1) is 0 Å². The Balaban J connectivity index is 1.75. The Morgan fingerprint density at radius 3 is 2.48 bits per heavy atom. The molecule has 2 rings (SSSR count). The van der Waals surface area contributed by atoms with E-state index in [2.05, 4.69) is 10.6 Å². The normalized spacial score (nSPS) is 11.0. The fourth-order valence-electron chi connectivity index (χ4n) is 1.97. The summed E-state index contributed by atoms with van der Waals surface area (Å²) in [6.45, 7) is 0.255. The minimum absolute atomic E-state index is 0.00408. The van der Waals surface area contributed by atoms with Crippen LogP contribution in [0.3, 0.4) is 0 Å². The molecule has 0 aliphatic heterocycles. The Kier molecular flexibility index (Phi) is 6.21. The molecule has 2 N–H and O–H groups in total. The summed E-state index contributed by atoms with van der Waals surface area (Å²) < 4.78 is 56.4. The van der Waals surface area contributed by atoms with Crippen LogP contribution in [-0.4, -0.2) is 25.6 Å². The molecule has 0 aromatic heterocycles. The van der Waals surface area contributed by atoms with Crippen LogP contribution in [0.25, 0.3) is 0 Å². The molecule has 0 atom stereocenters. The van der Waals surface area contributed by atoms with Crippen molar-refractivity contribution in [2.75, 3.05) is 25.0 Å². The molecule has 2 aromatic rings. The van der Waals surface area contributed by atoms with Crippen LogP contribution in [0.15, 0.2) is 48.5 Å². The monoisotopic (exact) mass is 356 g/mol. The molecule has 1 amide bonds. The zero-order chi connectivity index (χ0) is 18.3. The molecule has 0 heterocycles. The second-order valence-corrected chi connectivity index (χ2v) is 5.06. The first kappa shape index (κ1) is 18.6. The van der Waals surface area contributed by atoms with Gasteiger partial charge in [0.25, 0.3) is 0 Å². The van der Waals surface area contributed by atoms with Gasteiger partial charge in [0, 0.05) is 5.69 Å². The highest BCUT2D eigenvalue weighted by atomic mass is 19.4. The SMILES string of the molecule is O=C(CNc1ccc(F)c(C(F)(F)F)c1)NCCOc1ccccc1. The van der Waals surface area contributed by atoms with Crippen molar-refractivity contribution in [3.05, 3.63) is 59.9 Å². The lowest BCUT2D eigenvalue weighted by Crippen LogP contribution is -2.33. The molecule has 0 radical (unpaired) electrons. The number of anilines is 1. The lowest BCUT2D eigenvalue weighted by Gasteiger charge is -2.12. The Hall–Kier alpha value is -2.77. The molecule has 0 aliphatic rings. The van der Waals surface area contributed by atoms with E-state index in [1.54, 1.807) is 12.1 Å². The van der Waals surface area contributed by atoms with Gasteiger partial charge in [-0.05, 0) is 30.3 Å². The van der Waals surface area contributed by atoms with Crippen molar-refractivity contribution in [2.45, 2.75) is 6.18 Å². The van der Waals surface area contributed by atoms with Crippen LogP contribution >= 0.6 is 0 Å². The van der Waals surface area contributed by atoms with Gasteiger partial charge in [0.05, 0.1) is 18.7 Å². The summed E-state index contributed by atoms with van der Waals surface area (Å²) in [7, 11) is 0. The van der Waals surface area contributed by atoms with Crippen LogP contribution in [-0.2, 0) is 11.0 Å². The molecule has 0 unspecified atom stereocenters. The first-order valence-corrected chi connectivity index (χ1v) is 7.41. The van der Waals surface area contributed by atoms with E-state index in [-0.39, 0.29) is 25.4 Å². The number of hydrogen-bond donors (Lipinski definition) is 2. The maximum absolute atomic E-state index is 13.2. The minimum atomic E-state index is -4.79. The number of nitrogens with one attached hydrogen (secondary N) is 2. The lowest BCUT2D eigenvalue weighted by molar-refractivity contribution is -0.139. The fourth-order valence-corrected chi connectivity index (χ4v) is 1.97. The van der Waals surface area contributed by atoms with Crippen LogP contribution in [0.2, 0.25) is 0 Å². The third kappa shape index (κ3) is 5.98. The van der Waals surface area contributed by atoms with Crippen LogP contribution in [0.1, 0.15) is 5.56 Å². The highest BCUT2D eigenvalue weighted by molar-refractivity contribution is 5.80. The highest BCUT2D eigenvalue weighted by Crippen LogP contribution is 2.32.